The van der Waals surface area contributed by atoms with Crippen molar-refractivity contribution in [3.8, 4) is 0 Å². The second-order valence-electron chi connectivity index (χ2n) is 7.69. The number of aliphatic hydroxyl groups excluding tert-OH is 2. The van der Waals surface area contributed by atoms with Crippen molar-refractivity contribution in [3.63, 3.8) is 0 Å². The van der Waals surface area contributed by atoms with Crippen LogP contribution in [-0.4, -0.2) is 22.9 Å². The molecule has 17 heavy (non-hydrogen) atoms. The minimum Gasteiger partial charge on any atom is -0.396 e. The summed E-state index contributed by atoms with van der Waals surface area (Å²) in [4.78, 5) is 0. The molecule has 0 spiro atoms. The van der Waals surface area contributed by atoms with Gasteiger partial charge in [0, 0.05) is 5.41 Å². The van der Waals surface area contributed by atoms with Crippen LogP contribution in [0.25, 0.3) is 0 Å². The van der Waals surface area contributed by atoms with Gasteiger partial charge in [0.2, 0.25) is 0 Å². The fourth-order valence-electron chi connectivity index (χ4n) is 5.85. The first-order chi connectivity index (χ1) is 7.89. The minimum atomic E-state index is -0.286. The van der Waals surface area contributed by atoms with E-state index in [4.69, 9.17) is 0 Å². The summed E-state index contributed by atoms with van der Waals surface area (Å²) in [5.74, 6) is 1.03. The Hall–Kier alpha value is -0.0800. The third kappa shape index (κ3) is 1.14. The molecule has 2 heteroatoms. The molecule has 0 saturated heterocycles. The molecule has 0 radical (unpaired) electrons. The summed E-state index contributed by atoms with van der Waals surface area (Å²) in [6.45, 7) is 7.15. The Morgan fingerprint density at radius 2 is 1.82 bits per heavy atom. The maximum Gasteiger partial charge on any atom is 0.0659 e. The zero-order chi connectivity index (χ0) is 12.5. The van der Waals surface area contributed by atoms with Gasteiger partial charge in [0.05, 0.1) is 12.7 Å². The van der Waals surface area contributed by atoms with E-state index in [-0.39, 0.29) is 29.0 Å². The lowest BCUT2D eigenvalue weighted by Crippen LogP contribution is -2.48. The van der Waals surface area contributed by atoms with Crippen molar-refractivity contribution in [2.24, 2.45) is 28.1 Å². The molecule has 2 N–H and O–H groups in total. The van der Waals surface area contributed by atoms with Gasteiger partial charge in [0.25, 0.3) is 0 Å². The lowest BCUT2D eigenvalue weighted by molar-refractivity contribution is -0.0923. The third-order valence-corrected chi connectivity index (χ3v) is 6.90. The van der Waals surface area contributed by atoms with E-state index in [9.17, 15) is 10.2 Å². The molecule has 3 aliphatic rings. The minimum absolute atomic E-state index is 0.174. The first-order valence-electron chi connectivity index (χ1n) is 7.18. The van der Waals surface area contributed by atoms with Crippen molar-refractivity contribution in [2.75, 3.05) is 6.61 Å². The van der Waals surface area contributed by atoms with Gasteiger partial charge in [-0.25, -0.2) is 0 Å². The van der Waals surface area contributed by atoms with E-state index < -0.39 is 0 Å². The van der Waals surface area contributed by atoms with Crippen LogP contribution in [0.3, 0.4) is 0 Å². The van der Waals surface area contributed by atoms with E-state index in [1.807, 2.05) is 0 Å². The molecule has 4 bridgehead atoms. The number of aliphatic hydroxyl groups is 2. The predicted octanol–water partition coefficient (Wildman–Crippen LogP) is 2.58. The van der Waals surface area contributed by atoms with Crippen molar-refractivity contribution in [2.45, 2.75) is 59.0 Å². The Bertz CT molecular complexity index is 338. The second-order valence-corrected chi connectivity index (χ2v) is 7.69. The Morgan fingerprint density at radius 3 is 2.47 bits per heavy atom. The van der Waals surface area contributed by atoms with Crippen LogP contribution in [0.4, 0.5) is 0 Å². The summed E-state index contributed by atoms with van der Waals surface area (Å²) in [7, 11) is 0. The first-order valence-corrected chi connectivity index (χ1v) is 7.18. The van der Waals surface area contributed by atoms with Gasteiger partial charge < -0.3 is 10.2 Å². The largest absolute Gasteiger partial charge is 0.396 e. The van der Waals surface area contributed by atoms with Gasteiger partial charge in [-0.05, 0) is 48.3 Å². The highest BCUT2D eigenvalue weighted by atomic mass is 16.3. The van der Waals surface area contributed by atoms with Gasteiger partial charge in [-0.3, -0.25) is 0 Å². The van der Waals surface area contributed by atoms with E-state index >= 15 is 0 Å². The van der Waals surface area contributed by atoms with E-state index in [0.29, 0.717) is 11.8 Å². The van der Waals surface area contributed by atoms with Crippen LogP contribution in [0.1, 0.15) is 52.9 Å². The van der Waals surface area contributed by atoms with Crippen LogP contribution in [0, 0.1) is 28.1 Å². The standard InChI is InChI=1S/C15H26O2/c1-13(2)6-4-7-14(3)10-5-8-15(14,9-16)12(17)11(10)13/h10-12,16-17H,4-9H2,1-3H3/t10-,11-,12+,14+,15-/m0/s1. The van der Waals surface area contributed by atoms with Gasteiger partial charge in [0.15, 0.2) is 0 Å². The van der Waals surface area contributed by atoms with Crippen molar-refractivity contribution in [1.82, 2.24) is 0 Å². The predicted molar refractivity (Wildman–Crippen MR) is 67.5 cm³/mol. The molecular weight excluding hydrogens is 212 g/mol. The summed E-state index contributed by atoms with van der Waals surface area (Å²) in [6, 6.07) is 0. The van der Waals surface area contributed by atoms with E-state index in [1.165, 1.54) is 25.7 Å². The maximum atomic E-state index is 10.8. The summed E-state index contributed by atoms with van der Waals surface area (Å²) in [5.41, 5.74) is 0.221. The molecule has 3 aliphatic carbocycles. The van der Waals surface area contributed by atoms with Crippen LogP contribution in [0.5, 0.6) is 0 Å². The quantitative estimate of drug-likeness (QED) is 0.737. The monoisotopic (exact) mass is 238 g/mol. The Balaban J connectivity index is 2.13. The molecule has 98 valence electrons. The molecule has 0 unspecified atom stereocenters. The second kappa shape index (κ2) is 3.27. The lowest BCUT2D eigenvalue weighted by atomic mass is 9.62. The van der Waals surface area contributed by atoms with Crippen molar-refractivity contribution in [1.29, 1.82) is 0 Å². The Labute approximate surface area is 104 Å². The fourth-order valence-corrected chi connectivity index (χ4v) is 5.85. The highest BCUT2D eigenvalue weighted by Gasteiger charge is 2.72. The lowest BCUT2D eigenvalue weighted by Gasteiger charge is -2.45. The summed E-state index contributed by atoms with van der Waals surface area (Å²) < 4.78 is 0. The smallest absolute Gasteiger partial charge is 0.0659 e. The van der Waals surface area contributed by atoms with Crippen molar-refractivity contribution in [3.05, 3.63) is 0 Å². The SMILES string of the molecule is CC1(C)CCC[C@]2(C)[C@H]3CC[C@]2(CO)[C@H](O)[C@H]31. The topological polar surface area (TPSA) is 40.5 Å². The molecule has 0 aromatic carbocycles. The normalized spacial score (nSPS) is 55.9. The molecule has 0 aromatic heterocycles. The van der Waals surface area contributed by atoms with Gasteiger partial charge in [0.1, 0.15) is 0 Å². The average Bonchev–Trinajstić information content (AvgIpc) is 2.58. The molecule has 0 heterocycles. The summed E-state index contributed by atoms with van der Waals surface area (Å²) in [5, 5.41) is 20.7. The number of hydrogen-bond acceptors (Lipinski definition) is 2. The van der Waals surface area contributed by atoms with Gasteiger partial charge in [-0.15, -0.1) is 0 Å². The molecule has 5 atom stereocenters. The molecule has 2 nitrogen and oxygen atoms in total. The fraction of sp³-hybridized carbons (Fsp3) is 1.00. The van der Waals surface area contributed by atoms with Gasteiger partial charge in [-0.1, -0.05) is 27.2 Å². The maximum absolute atomic E-state index is 10.8. The highest BCUT2D eigenvalue weighted by Crippen LogP contribution is 2.74. The zero-order valence-electron chi connectivity index (χ0n) is 11.4. The van der Waals surface area contributed by atoms with E-state index in [0.717, 1.165) is 6.42 Å². The Kier molecular flexibility index (Phi) is 2.30. The first kappa shape index (κ1) is 12.0. The van der Waals surface area contributed by atoms with E-state index in [2.05, 4.69) is 20.8 Å². The molecule has 3 saturated carbocycles. The molecule has 0 aliphatic heterocycles. The van der Waals surface area contributed by atoms with Crippen LogP contribution < -0.4 is 0 Å². The van der Waals surface area contributed by atoms with Crippen molar-refractivity contribution >= 4 is 0 Å². The molecule has 3 rings (SSSR count). The molecule has 0 aromatic rings. The van der Waals surface area contributed by atoms with Gasteiger partial charge >= 0.3 is 0 Å². The highest BCUT2D eigenvalue weighted by molar-refractivity contribution is 5.20. The Morgan fingerprint density at radius 1 is 1.12 bits per heavy atom. The number of hydrogen-bond donors (Lipinski definition) is 2. The van der Waals surface area contributed by atoms with Crippen LogP contribution >= 0.6 is 0 Å². The number of rotatable bonds is 1. The van der Waals surface area contributed by atoms with E-state index in [1.54, 1.807) is 0 Å². The molecular formula is C15H26O2. The third-order valence-electron chi connectivity index (χ3n) is 6.90. The molecule has 0 amide bonds. The van der Waals surface area contributed by atoms with Gasteiger partial charge in [-0.2, -0.15) is 0 Å². The average molecular weight is 238 g/mol. The van der Waals surface area contributed by atoms with Crippen LogP contribution in [-0.2, 0) is 0 Å². The van der Waals surface area contributed by atoms with Crippen LogP contribution in [0.2, 0.25) is 0 Å². The summed E-state index contributed by atoms with van der Waals surface area (Å²) >= 11 is 0. The van der Waals surface area contributed by atoms with Crippen LogP contribution in [0.15, 0.2) is 0 Å². The van der Waals surface area contributed by atoms with Crippen molar-refractivity contribution < 1.29 is 10.2 Å². The summed E-state index contributed by atoms with van der Waals surface area (Å²) in [6.07, 6.45) is 5.62. The molecule has 3 fully saturated rings. The zero-order valence-corrected chi connectivity index (χ0v) is 11.4.